The van der Waals surface area contributed by atoms with E-state index in [1.807, 2.05) is 5.48 Å². The molecule has 1 heterocycles. The number of rotatable bonds is 1. The molecule has 0 bridgehead atoms. The average Bonchev–Trinajstić information content (AvgIpc) is 2.27. The number of hydrogen-bond acceptors (Lipinski definition) is 2. The number of carbonyl (C=O) groups is 1. The molecule has 0 saturated heterocycles. The Morgan fingerprint density at radius 2 is 2.12 bits per heavy atom. The fourth-order valence-electron chi connectivity index (χ4n) is 1.60. The van der Waals surface area contributed by atoms with Crippen molar-refractivity contribution in [1.29, 1.82) is 0 Å². The molecule has 0 radical (unpaired) electrons. The fourth-order valence-corrected chi connectivity index (χ4v) is 1.60. The van der Waals surface area contributed by atoms with Crippen molar-refractivity contribution in [3.63, 3.8) is 0 Å². The highest BCUT2D eigenvalue weighted by molar-refractivity contribution is 5.87. The topological polar surface area (TPSA) is 38.3 Å². The Kier molecular flexibility index (Phi) is 2.57. The number of fused-ring (bicyclic) bond motifs is 1. The second-order valence-corrected chi connectivity index (χ2v) is 3.53. The lowest BCUT2D eigenvalue weighted by Crippen LogP contribution is -2.36. The molecule has 1 aromatic carbocycles. The van der Waals surface area contributed by atoms with Crippen LogP contribution in [-0.4, -0.2) is 5.91 Å². The minimum absolute atomic E-state index is 0.00988. The zero-order valence-corrected chi connectivity index (χ0v) is 8.54. The van der Waals surface area contributed by atoms with Crippen molar-refractivity contribution >= 4 is 5.91 Å². The van der Waals surface area contributed by atoms with Gasteiger partial charge in [-0.15, -0.1) is 6.58 Å². The van der Waals surface area contributed by atoms with Crippen LogP contribution >= 0.6 is 0 Å². The van der Waals surface area contributed by atoms with Crippen molar-refractivity contribution in [3.05, 3.63) is 42.0 Å². The van der Waals surface area contributed by atoms with Crippen LogP contribution in [-0.2, 0) is 11.0 Å². The Balaban J connectivity index is 2.48. The normalized spacial score (nSPS) is 19.0. The highest BCUT2D eigenvalue weighted by Gasteiger charge is 2.34. The number of halogens is 3. The summed E-state index contributed by atoms with van der Waals surface area (Å²) >= 11 is 0. The van der Waals surface area contributed by atoms with E-state index < -0.39 is 23.6 Å². The summed E-state index contributed by atoms with van der Waals surface area (Å²) in [5, 5.41) is 0. The summed E-state index contributed by atoms with van der Waals surface area (Å²) < 4.78 is 37.4. The third-order valence-corrected chi connectivity index (χ3v) is 2.46. The number of benzene rings is 1. The van der Waals surface area contributed by atoms with Gasteiger partial charge in [-0.25, -0.2) is 0 Å². The maximum absolute atomic E-state index is 12.5. The third kappa shape index (κ3) is 1.98. The quantitative estimate of drug-likeness (QED) is 0.769. The van der Waals surface area contributed by atoms with E-state index >= 15 is 0 Å². The average molecular weight is 243 g/mol. The van der Waals surface area contributed by atoms with E-state index in [0.29, 0.717) is 5.56 Å². The van der Waals surface area contributed by atoms with Crippen LogP contribution in [0, 0.1) is 0 Å². The van der Waals surface area contributed by atoms with Crippen molar-refractivity contribution < 1.29 is 22.8 Å². The van der Waals surface area contributed by atoms with Gasteiger partial charge in [-0.2, -0.15) is 18.7 Å². The lowest BCUT2D eigenvalue weighted by atomic mass is 9.95. The third-order valence-electron chi connectivity index (χ3n) is 2.46. The molecule has 2 rings (SSSR count). The van der Waals surface area contributed by atoms with E-state index in [0.717, 1.165) is 12.1 Å². The molecule has 17 heavy (non-hydrogen) atoms. The molecule has 0 aromatic heterocycles. The van der Waals surface area contributed by atoms with Crippen molar-refractivity contribution in [2.24, 2.45) is 0 Å². The SMILES string of the molecule is C=CC1C(=O)NOc2cc(C(F)(F)F)ccc21. The molecule has 0 fully saturated rings. The van der Waals surface area contributed by atoms with E-state index in [-0.39, 0.29) is 5.75 Å². The van der Waals surface area contributed by atoms with E-state index in [2.05, 4.69) is 6.58 Å². The Morgan fingerprint density at radius 3 is 2.71 bits per heavy atom. The minimum Gasteiger partial charge on any atom is -0.379 e. The summed E-state index contributed by atoms with van der Waals surface area (Å²) in [7, 11) is 0. The Labute approximate surface area is 94.8 Å². The van der Waals surface area contributed by atoms with Crippen LogP contribution < -0.4 is 10.3 Å². The minimum atomic E-state index is -4.44. The van der Waals surface area contributed by atoms with Gasteiger partial charge in [0.25, 0.3) is 5.91 Å². The van der Waals surface area contributed by atoms with Crippen LogP contribution in [0.4, 0.5) is 13.2 Å². The predicted molar refractivity (Wildman–Crippen MR) is 53.2 cm³/mol. The molecular weight excluding hydrogens is 235 g/mol. The van der Waals surface area contributed by atoms with Crippen molar-refractivity contribution in [3.8, 4) is 5.75 Å². The van der Waals surface area contributed by atoms with E-state index in [9.17, 15) is 18.0 Å². The summed E-state index contributed by atoms with van der Waals surface area (Å²) in [6.07, 6.45) is -3.09. The highest BCUT2D eigenvalue weighted by Crippen LogP contribution is 2.37. The van der Waals surface area contributed by atoms with Gasteiger partial charge < -0.3 is 4.84 Å². The van der Waals surface area contributed by atoms with Gasteiger partial charge in [0.15, 0.2) is 5.75 Å². The smallest absolute Gasteiger partial charge is 0.379 e. The van der Waals surface area contributed by atoms with Gasteiger partial charge in [0.2, 0.25) is 0 Å². The first-order valence-electron chi connectivity index (χ1n) is 4.74. The molecule has 0 spiro atoms. The molecule has 1 N–H and O–H groups in total. The van der Waals surface area contributed by atoms with Gasteiger partial charge in [0, 0.05) is 5.56 Å². The van der Waals surface area contributed by atoms with Crippen molar-refractivity contribution in [2.45, 2.75) is 12.1 Å². The van der Waals surface area contributed by atoms with Crippen LogP contribution in [0.5, 0.6) is 5.75 Å². The molecule has 6 heteroatoms. The summed E-state index contributed by atoms with van der Waals surface area (Å²) in [5.41, 5.74) is 1.59. The van der Waals surface area contributed by atoms with Gasteiger partial charge in [-0.1, -0.05) is 12.1 Å². The second-order valence-electron chi connectivity index (χ2n) is 3.53. The zero-order valence-electron chi connectivity index (χ0n) is 8.54. The van der Waals surface area contributed by atoms with Gasteiger partial charge in [-0.05, 0) is 12.1 Å². The molecule has 1 aromatic rings. The molecule has 1 atom stereocenters. The first kappa shape index (κ1) is 11.5. The van der Waals surface area contributed by atoms with Gasteiger partial charge in [-0.3, -0.25) is 4.79 Å². The molecule has 90 valence electrons. The number of carbonyl (C=O) groups excluding carboxylic acids is 1. The summed E-state index contributed by atoms with van der Waals surface area (Å²) in [5.74, 6) is -1.15. The van der Waals surface area contributed by atoms with E-state index in [1.165, 1.54) is 12.1 Å². The number of nitrogens with one attached hydrogen (secondary N) is 1. The number of alkyl halides is 3. The van der Waals surface area contributed by atoms with Crippen molar-refractivity contribution in [2.75, 3.05) is 0 Å². The first-order valence-corrected chi connectivity index (χ1v) is 4.74. The van der Waals surface area contributed by atoms with Gasteiger partial charge in [0.1, 0.15) is 0 Å². The van der Waals surface area contributed by atoms with Crippen LogP contribution in [0.1, 0.15) is 17.0 Å². The molecule has 0 aliphatic carbocycles. The first-order chi connectivity index (χ1) is 7.93. The summed E-state index contributed by atoms with van der Waals surface area (Å²) in [6, 6.07) is 2.99. The largest absolute Gasteiger partial charge is 0.416 e. The number of hydroxylamine groups is 1. The standard InChI is InChI=1S/C11H8F3NO2/c1-2-7-8-4-3-6(11(12,13)14)5-9(8)17-15-10(7)16/h2-5,7H,1H2,(H,15,16). The second kappa shape index (κ2) is 3.80. The fraction of sp³-hybridized carbons (Fsp3) is 0.182. The van der Waals surface area contributed by atoms with Gasteiger partial charge >= 0.3 is 6.18 Å². The van der Waals surface area contributed by atoms with Crippen LogP contribution in [0.25, 0.3) is 0 Å². The molecule has 1 unspecified atom stereocenters. The monoisotopic (exact) mass is 243 g/mol. The molecule has 1 aliphatic rings. The Morgan fingerprint density at radius 1 is 1.41 bits per heavy atom. The Bertz CT molecular complexity index is 482. The van der Waals surface area contributed by atoms with Crippen LogP contribution in [0.15, 0.2) is 30.9 Å². The maximum atomic E-state index is 12.5. The van der Waals surface area contributed by atoms with Crippen LogP contribution in [0.3, 0.4) is 0 Å². The molecule has 3 nitrogen and oxygen atoms in total. The maximum Gasteiger partial charge on any atom is 0.416 e. The molecule has 1 aliphatic heterocycles. The number of amides is 1. The molecule has 1 amide bonds. The van der Waals surface area contributed by atoms with E-state index in [1.54, 1.807) is 0 Å². The molecule has 0 saturated carbocycles. The highest BCUT2D eigenvalue weighted by atomic mass is 19.4. The lowest BCUT2D eigenvalue weighted by Gasteiger charge is -2.23. The van der Waals surface area contributed by atoms with Crippen molar-refractivity contribution in [1.82, 2.24) is 5.48 Å². The Hall–Kier alpha value is -1.98. The van der Waals surface area contributed by atoms with E-state index in [4.69, 9.17) is 4.84 Å². The van der Waals surface area contributed by atoms with Gasteiger partial charge in [0.05, 0.1) is 11.5 Å². The molecular formula is C11H8F3NO2. The predicted octanol–water partition coefficient (Wildman–Crippen LogP) is 2.40. The summed E-state index contributed by atoms with van der Waals surface area (Å²) in [4.78, 5) is 16.1. The summed E-state index contributed by atoms with van der Waals surface area (Å²) in [6.45, 7) is 3.47. The van der Waals surface area contributed by atoms with Crippen LogP contribution in [0.2, 0.25) is 0 Å². The lowest BCUT2D eigenvalue weighted by molar-refractivity contribution is -0.137. The zero-order chi connectivity index (χ0) is 12.6. The number of hydrogen-bond donors (Lipinski definition) is 1.